The molecule has 118 valence electrons. The molecule has 2 N–H and O–H groups in total. The average Bonchev–Trinajstić information content (AvgIpc) is 2.49. The molecule has 7 heteroatoms. The molecule has 0 radical (unpaired) electrons. The summed E-state index contributed by atoms with van der Waals surface area (Å²) in [5.74, 6) is 2.70. The Morgan fingerprint density at radius 1 is 1.33 bits per heavy atom. The van der Waals surface area contributed by atoms with Gasteiger partial charge in [0.15, 0.2) is 0 Å². The van der Waals surface area contributed by atoms with Crippen LogP contribution in [0.5, 0.6) is 0 Å². The van der Waals surface area contributed by atoms with Crippen molar-refractivity contribution in [2.75, 3.05) is 25.1 Å². The number of halogens is 1. The van der Waals surface area contributed by atoms with Crippen molar-refractivity contribution < 1.29 is 8.42 Å². The normalized spacial score (nSPS) is 17.0. The van der Waals surface area contributed by atoms with Gasteiger partial charge in [0.2, 0.25) is 10.0 Å². The molecule has 1 heterocycles. The Hall–Kier alpha value is -0.270. The summed E-state index contributed by atoms with van der Waals surface area (Å²) in [7, 11) is -1.66. The first kappa shape index (κ1) is 17.1. The van der Waals surface area contributed by atoms with E-state index in [2.05, 4.69) is 10.0 Å². The zero-order valence-electron chi connectivity index (χ0n) is 12.1. The largest absolute Gasteiger partial charge is 0.316 e. The molecule has 0 atom stereocenters. The van der Waals surface area contributed by atoms with Gasteiger partial charge < -0.3 is 5.32 Å². The smallest absolute Gasteiger partial charge is 0.240 e. The first-order chi connectivity index (χ1) is 10.0. The summed E-state index contributed by atoms with van der Waals surface area (Å²) in [6.45, 7) is 1.06. The van der Waals surface area contributed by atoms with Gasteiger partial charge in [0.25, 0.3) is 0 Å². The van der Waals surface area contributed by atoms with E-state index in [1.54, 1.807) is 25.2 Å². The number of hydrogen-bond acceptors (Lipinski definition) is 4. The third-order valence-corrected chi connectivity index (χ3v) is 6.44. The summed E-state index contributed by atoms with van der Waals surface area (Å²) in [4.78, 5) is 0.280. The lowest BCUT2D eigenvalue weighted by atomic mass is 10.0. The van der Waals surface area contributed by atoms with Crippen molar-refractivity contribution in [1.82, 2.24) is 10.0 Å². The number of rotatable bonds is 6. The summed E-state index contributed by atoms with van der Waals surface area (Å²) in [5, 5.41) is 3.56. The van der Waals surface area contributed by atoms with Crippen LogP contribution in [0.15, 0.2) is 23.1 Å². The third kappa shape index (κ3) is 4.86. The minimum absolute atomic E-state index is 0.280. The molecule has 1 aliphatic heterocycles. The molecule has 0 aliphatic carbocycles. The zero-order valence-corrected chi connectivity index (χ0v) is 14.5. The second kappa shape index (κ2) is 7.83. The van der Waals surface area contributed by atoms with Crippen molar-refractivity contribution in [2.45, 2.75) is 24.3 Å². The van der Waals surface area contributed by atoms with Crippen LogP contribution >= 0.6 is 23.4 Å². The highest BCUT2D eigenvalue weighted by Crippen LogP contribution is 2.23. The maximum Gasteiger partial charge on any atom is 0.240 e. The molecule has 0 amide bonds. The van der Waals surface area contributed by atoms with E-state index >= 15 is 0 Å². The van der Waals surface area contributed by atoms with Crippen LogP contribution in [0.2, 0.25) is 5.02 Å². The summed E-state index contributed by atoms with van der Waals surface area (Å²) < 4.78 is 27.5. The maximum absolute atomic E-state index is 12.4. The fourth-order valence-corrected chi connectivity index (χ4v) is 4.86. The predicted octanol–water partition coefficient (Wildman–Crippen LogP) is 2.48. The molecule has 21 heavy (non-hydrogen) atoms. The topological polar surface area (TPSA) is 58.2 Å². The van der Waals surface area contributed by atoms with Gasteiger partial charge in [-0.2, -0.15) is 11.8 Å². The number of nitrogens with one attached hydrogen (secondary N) is 2. The summed E-state index contributed by atoms with van der Waals surface area (Å²) >= 11 is 8.00. The second-order valence-corrected chi connectivity index (χ2v) is 8.59. The van der Waals surface area contributed by atoms with E-state index in [1.165, 1.54) is 0 Å². The molecule has 0 unspecified atom stereocenters. The van der Waals surface area contributed by atoms with E-state index in [1.807, 2.05) is 11.8 Å². The molecular formula is C14H21ClN2O2S2. The predicted molar refractivity (Wildman–Crippen MR) is 89.5 cm³/mol. The highest BCUT2D eigenvalue weighted by atomic mass is 35.5. The Morgan fingerprint density at radius 3 is 2.71 bits per heavy atom. The highest BCUT2D eigenvalue weighted by Gasteiger charge is 2.19. The van der Waals surface area contributed by atoms with E-state index in [0.29, 0.717) is 24.0 Å². The molecule has 1 fully saturated rings. The number of sulfonamides is 1. The molecule has 2 rings (SSSR count). The minimum Gasteiger partial charge on any atom is -0.316 e. The first-order valence-corrected chi connectivity index (χ1v) is 10.0. The van der Waals surface area contributed by atoms with Crippen LogP contribution in [0.1, 0.15) is 18.4 Å². The quantitative estimate of drug-likeness (QED) is 0.829. The fourth-order valence-electron chi connectivity index (χ4n) is 2.31. The Bertz CT molecular complexity index is 572. The Balaban J connectivity index is 2.06. The van der Waals surface area contributed by atoms with E-state index in [-0.39, 0.29) is 4.90 Å². The van der Waals surface area contributed by atoms with Crippen LogP contribution in [-0.4, -0.2) is 33.5 Å². The molecule has 0 saturated carbocycles. The van der Waals surface area contributed by atoms with E-state index < -0.39 is 10.0 Å². The monoisotopic (exact) mass is 348 g/mol. The van der Waals surface area contributed by atoms with E-state index in [9.17, 15) is 8.42 Å². The average molecular weight is 349 g/mol. The van der Waals surface area contributed by atoms with Crippen molar-refractivity contribution in [1.29, 1.82) is 0 Å². The van der Waals surface area contributed by atoms with Gasteiger partial charge in [-0.15, -0.1) is 0 Å². The van der Waals surface area contributed by atoms with Crippen molar-refractivity contribution in [3.63, 3.8) is 0 Å². The Kier molecular flexibility index (Phi) is 6.37. The molecule has 0 spiro atoms. The van der Waals surface area contributed by atoms with Gasteiger partial charge in [0, 0.05) is 18.1 Å². The molecule has 1 aliphatic rings. The molecular weight excluding hydrogens is 328 g/mol. The summed E-state index contributed by atoms with van der Waals surface area (Å²) in [5.41, 5.74) is 0.788. The van der Waals surface area contributed by atoms with Crippen LogP contribution in [-0.2, 0) is 16.6 Å². The minimum atomic E-state index is -3.46. The van der Waals surface area contributed by atoms with Crippen LogP contribution in [0.4, 0.5) is 0 Å². The van der Waals surface area contributed by atoms with Crippen LogP contribution in [0.3, 0.4) is 0 Å². The number of benzene rings is 1. The fraction of sp³-hybridized carbons (Fsp3) is 0.571. The van der Waals surface area contributed by atoms with Gasteiger partial charge in [-0.1, -0.05) is 11.6 Å². The molecule has 4 nitrogen and oxygen atoms in total. The molecule has 0 bridgehead atoms. The third-order valence-electron chi connectivity index (χ3n) is 3.60. The Morgan fingerprint density at radius 2 is 2.05 bits per heavy atom. The second-order valence-electron chi connectivity index (χ2n) is 5.19. The highest BCUT2D eigenvalue weighted by molar-refractivity contribution is 7.99. The van der Waals surface area contributed by atoms with Crippen LogP contribution in [0, 0.1) is 5.92 Å². The van der Waals surface area contributed by atoms with Crippen molar-refractivity contribution >= 4 is 33.4 Å². The molecule has 1 aromatic carbocycles. The van der Waals surface area contributed by atoms with Gasteiger partial charge >= 0.3 is 0 Å². The molecule has 1 saturated heterocycles. The van der Waals surface area contributed by atoms with Gasteiger partial charge in [-0.25, -0.2) is 13.1 Å². The van der Waals surface area contributed by atoms with Crippen LogP contribution < -0.4 is 10.0 Å². The number of hydrogen-bond donors (Lipinski definition) is 2. The van der Waals surface area contributed by atoms with Crippen LogP contribution in [0.25, 0.3) is 0 Å². The lowest BCUT2D eigenvalue weighted by molar-refractivity contribution is 0.476. The standard InChI is InChI=1S/C14H21ClN2O2S2/c1-16-10-12-8-13(2-3-14(12)15)21(18,19)17-9-11-4-6-20-7-5-11/h2-3,8,11,16-17H,4-7,9-10H2,1H3. The first-order valence-electron chi connectivity index (χ1n) is 7.03. The van der Waals surface area contributed by atoms with E-state index in [4.69, 9.17) is 11.6 Å². The van der Waals surface area contributed by atoms with Crippen molar-refractivity contribution in [3.8, 4) is 0 Å². The lowest BCUT2D eigenvalue weighted by Crippen LogP contribution is -2.31. The number of thioether (sulfide) groups is 1. The molecule has 0 aromatic heterocycles. The van der Waals surface area contributed by atoms with Gasteiger partial charge in [-0.3, -0.25) is 0 Å². The zero-order chi connectivity index (χ0) is 15.3. The van der Waals surface area contributed by atoms with Gasteiger partial charge in [0.1, 0.15) is 0 Å². The van der Waals surface area contributed by atoms with Gasteiger partial charge in [0.05, 0.1) is 4.90 Å². The Labute approximate surface area is 136 Å². The van der Waals surface area contributed by atoms with Gasteiger partial charge in [-0.05, 0) is 61.1 Å². The lowest BCUT2D eigenvalue weighted by Gasteiger charge is -2.21. The molecule has 1 aromatic rings. The van der Waals surface area contributed by atoms with Crippen molar-refractivity contribution in [2.24, 2.45) is 5.92 Å². The maximum atomic E-state index is 12.4. The van der Waals surface area contributed by atoms with E-state index in [0.717, 1.165) is 29.9 Å². The summed E-state index contributed by atoms with van der Waals surface area (Å²) in [6.07, 6.45) is 2.16. The SMILES string of the molecule is CNCc1cc(S(=O)(=O)NCC2CCSCC2)ccc1Cl. The summed E-state index contributed by atoms with van der Waals surface area (Å²) in [6, 6.07) is 4.83. The van der Waals surface area contributed by atoms with Crippen molar-refractivity contribution in [3.05, 3.63) is 28.8 Å².